The number of carbonyl (C=O) groups excluding carboxylic acids is 3. The van der Waals surface area contributed by atoms with Crippen molar-refractivity contribution >= 4 is 17.8 Å². The first-order valence-electron chi connectivity index (χ1n) is 19.1. The topological polar surface area (TPSA) is 125 Å². The van der Waals surface area contributed by atoms with Crippen molar-refractivity contribution in [3.63, 3.8) is 0 Å². The zero-order valence-electron chi connectivity index (χ0n) is 30.9. The number of aliphatic hydroxyl groups is 2. The number of fused-ring (bicyclic) bond motifs is 1. The maximum Gasteiger partial charge on any atom is 0.337 e. The molecule has 0 unspecified atom stereocenters. The third-order valence-corrected chi connectivity index (χ3v) is 13.3. The van der Waals surface area contributed by atoms with Crippen LogP contribution in [0.25, 0.3) is 0 Å². The summed E-state index contributed by atoms with van der Waals surface area (Å²) in [6, 6.07) is 14.2. The van der Waals surface area contributed by atoms with E-state index in [1.807, 2.05) is 12.1 Å². The molecule has 274 valence electrons. The van der Waals surface area contributed by atoms with E-state index in [4.69, 9.17) is 4.74 Å². The molecule has 8 heteroatoms. The summed E-state index contributed by atoms with van der Waals surface area (Å²) in [5.74, 6) is 1.75. The number of aliphatic hydroxyl groups excluding tert-OH is 2. The van der Waals surface area contributed by atoms with Gasteiger partial charge in [0, 0.05) is 25.1 Å². The van der Waals surface area contributed by atoms with E-state index in [0.717, 1.165) is 62.5 Å². The highest BCUT2D eigenvalue weighted by molar-refractivity contribution is 5.94. The van der Waals surface area contributed by atoms with Gasteiger partial charge >= 0.3 is 5.97 Å². The molecule has 8 nitrogen and oxygen atoms in total. The number of benzene rings is 2. The van der Waals surface area contributed by atoms with Crippen molar-refractivity contribution in [1.29, 1.82) is 0 Å². The Labute approximate surface area is 299 Å². The zero-order chi connectivity index (χ0) is 36.1. The summed E-state index contributed by atoms with van der Waals surface area (Å²) < 4.78 is 4.72. The number of nitrogens with one attached hydrogen (secondary N) is 2. The Balaban J connectivity index is 1.08. The molecule has 2 aromatic carbocycles. The largest absolute Gasteiger partial charge is 0.465 e. The lowest BCUT2D eigenvalue weighted by Gasteiger charge is -2.56. The number of amides is 2. The molecule has 0 radical (unpaired) electrons. The highest BCUT2D eigenvalue weighted by atomic mass is 16.5. The molecule has 0 spiro atoms. The molecule has 3 fully saturated rings. The predicted octanol–water partition coefficient (Wildman–Crippen LogP) is 7.21. The van der Waals surface area contributed by atoms with Gasteiger partial charge in [0.05, 0.1) is 24.9 Å². The molecule has 3 aliphatic rings. The summed E-state index contributed by atoms with van der Waals surface area (Å²) in [4.78, 5) is 37.3. The van der Waals surface area contributed by atoms with Gasteiger partial charge < -0.3 is 25.6 Å². The zero-order valence-corrected chi connectivity index (χ0v) is 30.9. The van der Waals surface area contributed by atoms with Crippen molar-refractivity contribution < 1.29 is 29.3 Å². The Morgan fingerprint density at radius 3 is 2.04 bits per heavy atom. The summed E-state index contributed by atoms with van der Waals surface area (Å²) in [5.41, 5.74) is 3.19. The number of ether oxygens (including phenoxy) is 1. The van der Waals surface area contributed by atoms with E-state index in [-0.39, 0.29) is 34.9 Å². The van der Waals surface area contributed by atoms with E-state index < -0.39 is 5.97 Å². The fraction of sp³-hybridized carbons (Fsp3) is 0.643. The van der Waals surface area contributed by atoms with Gasteiger partial charge in [0.2, 0.25) is 5.91 Å². The number of methoxy groups -OCH3 is 1. The van der Waals surface area contributed by atoms with Gasteiger partial charge in [-0.3, -0.25) is 9.59 Å². The Kier molecular flexibility index (Phi) is 12.5. The van der Waals surface area contributed by atoms with Crippen LogP contribution >= 0.6 is 0 Å². The Morgan fingerprint density at radius 1 is 0.840 bits per heavy atom. The second-order valence-electron chi connectivity index (χ2n) is 16.2. The van der Waals surface area contributed by atoms with Crippen LogP contribution < -0.4 is 10.6 Å². The minimum absolute atomic E-state index is 0.0481. The highest BCUT2D eigenvalue weighted by Crippen LogP contribution is 2.65. The predicted molar refractivity (Wildman–Crippen MR) is 195 cm³/mol. The average Bonchev–Trinajstić information content (AvgIpc) is 3.49. The first-order valence-corrected chi connectivity index (χ1v) is 19.1. The quantitative estimate of drug-likeness (QED) is 0.165. The summed E-state index contributed by atoms with van der Waals surface area (Å²) in [7, 11) is 1.34. The van der Waals surface area contributed by atoms with Crippen LogP contribution in [0.5, 0.6) is 0 Å². The van der Waals surface area contributed by atoms with Crippen molar-refractivity contribution in [1.82, 2.24) is 10.6 Å². The SMILES string of the molecule is CC[C@H](O)[C@@H]1[C@@H](C2(C)CCC(O)CC2)CC[C@]2(C)[C@@H]([C@H](C)CCC(=O)NCc3ccc(C(=O)NCc4ccc(C(=O)OC)cc4)cc3)CC[C@@H]12. The second kappa shape index (κ2) is 16.4. The smallest absolute Gasteiger partial charge is 0.337 e. The molecule has 0 aromatic heterocycles. The number of hydrogen-bond acceptors (Lipinski definition) is 6. The van der Waals surface area contributed by atoms with Crippen LogP contribution in [-0.2, 0) is 22.6 Å². The number of hydrogen-bond donors (Lipinski definition) is 4. The summed E-state index contributed by atoms with van der Waals surface area (Å²) >= 11 is 0. The van der Waals surface area contributed by atoms with Crippen LogP contribution in [-0.4, -0.2) is 47.3 Å². The summed E-state index contributed by atoms with van der Waals surface area (Å²) in [5, 5.41) is 27.7. The molecule has 5 rings (SSSR count). The van der Waals surface area contributed by atoms with Crippen LogP contribution in [0.4, 0.5) is 0 Å². The number of esters is 1. The summed E-state index contributed by atoms with van der Waals surface area (Å²) in [6.07, 6.45) is 10.2. The van der Waals surface area contributed by atoms with Gasteiger partial charge in [-0.05, 0) is 140 Å². The van der Waals surface area contributed by atoms with E-state index in [1.54, 1.807) is 36.4 Å². The van der Waals surface area contributed by atoms with Gasteiger partial charge in [0.25, 0.3) is 5.91 Å². The average molecular weight is 689 g/mol. The lowest BCUT2D eigenvalue weighted by molar-refractivity contribution is -0.122. The molecule has 0 saturated heterocycles. The van der Waals surface area contributed by atoms with Gasteiger partial charge in [-0.15, -0.1) is 0 Å². The van der Waals surface area contributed by atoms with Crippen molar-refractivity contribution in [2.75, 3.05) is 7.11 Å². The molecule has 0 heterocycles. The van der Waals surface area contributed by atoms with Crippen LogP contribution in [0, 0.1) is 40.4 Å². The van der Waals surface area contributed by atoms with Crippen molar-refractivity contribution in [3.05, 3.63) is 70.8 Å². The fourth-order valence-corrected chi connectivity index (χ4v) is 10.2. The molecule has 2 amide bonds. The first-order chi connectivity index (χ1) is 23.9. The maximum absolute atomic E-state index is 13.0. The molecular formula is C42H60N2O6. The van der Waals surface area contributed by atoms with Crippen molar-refractivity contribution in [2.45, 2.75) is 124 Å². The van der Waals surface area contributed by atoms with E-state index in [2.05, 4.69) is 38.3 Å². The third-order valence-electron chi connectivity index (χ3n) is 13.3. The van der Waals surface area contributed by atoms with Crippen LogP contribution in [0.1, 0.15) is 130 Å². The van der Waals surface area contributed by atoms with Gasteiger partial charge in [-0.1, -0.05) is 52.0 Å². The molecule has 0 bridgehead atoms. The minimum atomic E-state index is -0.397. The van der Waals surface area contributed by atoms with Gasteiger partial charge in [0.1, 0.15) is 0 Å². The van der Waals surface area contributed by atoms with Gasteiger partial charge in [0.15, 0.2) is 0 Å². The molecular weight excluding hydrogens is 628 g/mol. The Morgan fingerprint density at radius 2 is 1.44 bits per heavy atom. The molecule has 0 aliphatic heterocycles. The highest BCUT2D eigenvalue weighted by Gasteiger charge is 2.58. The van der Waals surface area contributed by atoms with E-state index >= 15 is 0 Å². The van der Waals surface area contributed by atoms with E-state index in [0.29, 0.717) is 60.2 Å². The van der Waals surface area contributed by atoms with Crippen molar-refractivity contribution in [2.24, 2.45) is 40.4 Å². The molecule has 7 atom stereocenters. The molecule has 50 heavy (non-hydrogen) atoms. The standard InChI is InChI=1S/C42H60N2O6/c1-6-36(46)38-34(41(3)22-19-32(45)20-23-41)21-24-42(4)33(16-17-35(38)42)27(2)7-18-37(47)43-25-28-8-12-30(13-9-28)39(48)44-26-29-10-14-31(15-11-29)40(49)50-5/h8-15,27,32-36,38,45-46H,6-7,16-26H2,1-5H3,(H,43,47)(H,44,48)/t27-,32?,33-,34+,35+,36+,38-,41?,42-/m1/s1. The first kappa shape index (κ1) is 38.0. The monoisotopic (exact) mass is 688 g/mol. The molecule has 3 aliphatic carbocycles. The summed E-state index contributed by atoms with van der Waals surface area (Å²) in [6.45, 7) is 10.1. The Hall–Kier alpha value is -3.23. The van der Waals surface area contributed by atoms with E-state index in [1.165, 1.54) is 20.0 Å². The van der Waals surface area contributed by atoms with Gasteiger partial charge in [-0.25, -0.2) is 4.79 Å². The van der Waals surface area contributed by atoms with Crippen molar-refractivity contribution in [3.8, 4) is 0 Å². The van der Waals surface area contributed by atoms with Crippen LogP contribution in [0.2, 0.25) is 0 Å². The lowest BCUT2D eigenvalue weighted by atomic mass is 9.49. The lowest BCUT2D eigenvalue weighted by Crippen LogP contribution is -2.52. The molecule has 4 N–H and O–H groups in total. The minimum Gasteiger partial charge on any atom is -0.465 e. The second-order valence-corrected chi connectivity index (χ2v) is 16.2. The molecule has 3 saturated carbocycles. The van der Waals surface area contributed by atoms with E-state index in [9.17, 15) is 24.6 Å². The fourth-order valence-electron chi connectivity index (χ4n) is 10.2. The number of carbonyl (C=O) groups is 3. The number of rotatable bonds is 13. The normalized spacial score (nSPS) is 30.5. The molecule has 2 aromatic rings. The van der Waals surface area contributed by atoms with Crippen LogP contribution in [0.3, 0.4) is 0 Å². The van der Waals surface area contributed by atoms with Crippen LogP contribution in [0.15, 0.2) is 48.5 Å². The maximum atomic E-state index is 13.0. The Bertz CT molecular complexity index is 1450. The third kappa shape index (κ3) is 8.45. The van der Waals surface area contributed by atoms with Gasteiger partial charge in [-0.2, -0.15) is 0 Å².